The van der Waals surface area contributed by atoms with Gasteiger partial charge in [-0.15, -0.1) is 0 Å². The fourth-order valence-electron chi connectivity index (χ4n) is 2.53. The smallest absolute Gasteiger partial charge is 0.211 e. The van der Waals surface area contributed by atoms with Crippen molar-refractivity contribution in [1.29, 1.82) is 0 Å². The summed E-state index contributed by atoms with van der Waals surface area (Å²) in [4.78, 5) is 0.201. The van der Waals surface area contributed by atoms with Gasteiger partial charge in [0, 0.05) is 6.54 Å². The van der Waals surface area contributed by atoms with E-state index in [1.165, 1.54) is 12.1 Å². The lowest BCUT2D eigenvalue weighted by Crippen LogP contribution is -2.28. The molecule has 1 aliphatic rings. The molecule has 0 amide bonds. The quantitative estimate of drug-likeness (QED) is 0.924. The van der Waals surface area contributed by atoms with Gasteiger partial charge in [-0.3, -0.25) is 0 Å². The highest BCUT2D eigenvalue weighted by Gasteiger charge is 2.45. The molecule has 0 heterocycles. The summed E-state index contributed by atoms with van der Waals surface area (Å²) in [6.45, 7) is 7.93. The van der Waals surface area contributed by atoms with Crippen LogP contribution in [0.4, 0.5) is 4.39 Å². The first kappa shape index (κ1) is 14.5. The van der Waals surface area contributed by atoms with Crippen molar-refractivity contribution in [2.24, 2.45) is 11.3 Å². The molecule has 0 aliphatic heterocycles. The van der Waals surface area contributed by atoms with E-state index in [1.54, 1.807) is 13.8 Å². The lowest BCUT2D eigenvalue weighted by molar-refractivity contribution is 0.537. The molecular weight excluding hydrogens is 265 g/mol. The number of aryl methyl sites for hydroxylation is 2. The van der Waals surface area contributed by atoms with Crippen molar-refractivity contribution in [3.05, 3.63) is 29.1 Å². The summed E-state index contributed by atoms with van der Waals surface area (Å²) in [5, 5.41) is 0. The van der Waals surface area contributed by atoms with E-state index >= 15 is 0 Å². The standard InChI is InChI=1S/C14H20FNO2S/c1-9-5-12(15)6-10(2)13(9)19(17,18)16-8-11-7-14(11,3)4/h5-6,11,16H,7-8H2,1-4H3. The molecule has 3 nitrogen and oxygen atoms in total. The maximum atomic E-state index is 13.2. The summed E-state index contributed by atoms with van der Waals surface area (Å²) < 4.78 is 40.4. The molecule has 1 N–H and O–H groups in total. The highest BCUT2D eigenvalue weighted by molar-refractivity contribution is 7.89. The number of sulfonamides is 1. The van der Waals surface area contributed by atoms with E-state index in [-0.39, 0.29) is 10.3 Å². The summed E-state index contributed by atoms with van der Waals surface area (Å²) in [7, 11) is -3.56. The van der Waals surface area contributed by atoms with Crippen molar-refractivity contribution in [3.63, 3.8) is 0 Å². The molecule has 1 aromatic rings. The second-order valence-corrected chi connectivity index (χ2v) is 7.81. The molecule has 19 heavy (non-hydrogen) atoms. The first-order chi connectivity index (χ1) is 8.63. The van der Waals surface area contributed by atoms with Crippen molar-refractivity contribution in [1.82, 2.24) is 4.72 Å². The monoisotopic (exact) mass is 285 g/mol. The van der Waals surface area contributed by atoms with Crippen LogP contribution in [0.5, 0.6) is 0 Å². The number of benzene rings is 1. The van der Waals surface area contributed by atoms with Gasteiger partial charge in [-0.25, -0.2) is 17.5 Å². The van der Waals surface area contributed by atoms with Gasteiger partial charge >= 0.3 is 0 Å². The molecule has 2 rings (SSSR count). The minimum atomic E-state index is -3.56. The minimum Gasteiger partial charge on any atom is -0.211 e. The lowest BCUT2D eigenvalue weighted by atomic mass is 10.1. The molecule has 0 spiro atoms. The average molecular weight is 285 g/mol. The maximum absolute atomic E-state index is 13.2. The van der Waals surface area contributed by atoms with Crippen LogP contribution in [-0.2, 0) is 10.0 Å². The summed E-state index contributed by atoms with van der Waals surface area (Å²) in [6, 6.07) is 2.51. The SMILES string of the molecule is Cc1cc(F)cc(C)c1S(=O)(=O)NCC1CC1(C)C. The van der Waals surface area contributed by atoms with Crippen molar-refractivity contribution < 1.29 is 12.8 Å². The predicted molar refractivity (Wildman–Crippen MR) is 73.0 cm³/mol. The van der Waals surface area contributed by atoms with E-state index in [4.69, 9.17) is 0 Å². The van der Waals surface area contributed by atoms with Crippen LogP contribution in [0, 0.1) is 31.0 Å². The van der Waals surface area contributed by atoms with Crippen LogP contribution in [0.15, 0.2) is 17.0 Å². The first-order valence-corrected chi connectivity index (χ1v) is 7.88. The zero-order valence-corrected chi connectivity index (χ0v) is 12.6. The van der Waals surface area contributed by atoms with Crippen LogP contribution in [0.1, 0.15) is 31.4 Å². The Morgan fingerprint density at radius 1 is 1.32 bits per heavy atom. The molecule has 0 saturated heterocycles. The number of halogens is 1. The highest BCUT2D eigenvalue weighted by atomic mass is 32.2. The molecule has 1 unspecified atom stereocenters. The van der Waals surface area contributed by atoms with Crippen molar-refractivity contribution in [2.75, 3.05) is 6.54 Å². The van der Waals surface area contributed by atoms with E-state index < -0.39 is 15.8 Å². The van der Waals surface area contributed by atoms with E-state index in [0.717, 1.165) is 6.42 Å². The van der Waals surface area contributed by atoms with E-state index in [9.17, 15) is 12.8 Å². The molecule has 1 atom stereocenters. The van der Waals surface area contributed by atoms with Gasteiger partial charge < -0.3 is 0 Å². The summed E-state index contributed by atoms with van der Waals surface area (Å²) >= 11 is 0. The van der Waals surface area contributed by atoms with E-state index in [2.05, 4.69) is 18.6 Å². The number of nitrogens with one attached hydrogen (secondary N) is 1. The van der Waals surface area contributed by atoms with Gasteiger partial charge in [0.15, 0.2) is 0 Å². The Kier molecular flexibility index (Phi) is 3.47. The van der Waals surface area contributed by atoms with Gasteiger partial charge in [0.2, 0.25) is 10.0 Å². The molecule has 0 aromatic heterocycles. The number of hydrogen-bond acceptors (Lipinski definition) is 2. The Morgan fingerprint density at radius 3 is 2.21 bits per heavy atom. The zero-order chi connectivity index (χ0) is 14.4. The summed E-state index contributed by atoms with van der Waals surface area (Å²) in [5.41, 5.74) is 1.12. The lowest BCUT2D eigenvalue weighted by Gasteiger charge is -2.12. The third kappa shape index (κ3) is 2.98. The molecule has 106 valence electrons. The summed E-state index contributed by atoms with van der Waals surface area (Å²) in [6.07, 6.45) is 1.04. The molecule has 1 fully saturated rings. The van der Waals surface area contributed by atoms with Gasteiger partial charge in [-0.1, -0.05) is 13.8 Å². The molecular formula is C14H20FNO2S. The Bertz CT molecular complexity index is 585. The Morgan fingerprint density at radius 2 is 1.79 bits per heavy atom. The van der Waals surface area contributed by atoms with Crippen LogP contribution in [0.2, 0.25) is 0 Å². The van der Waals surface area contributed by atoms with Crippen molar-refractivity contribution in [3.8, 4) is 0 Å². The summed E-state index contributed by atoms with van der Waals surface area (Å²) in [5.74, 6) is -0.0133. The Hall–Kier alpha value is -0.940. The Balaban J connectivity index is 2.20. The molecule has 0 bridgehead atoms. The van der Waals surface area contributed by atoms with E-state index in [0.29, 0.717) is 23.6 Å². The highest BCUT2D eigenvalue weighted by Crippen LogP contribution is 2.51. The molecule has 5 heteroatoms. The van der Waals surface area contributed by atoms with Crippen LogP contribution >= 0.6 is 0 Å². The Labute approximate surface area is 114 Å². The van der Waals surface area contributed by atoms with Crippen LogP contribution < -0.4 is 4.72 Å². The molecule has 1 aliphatic carbocycles. The fraction of sp³-hybridized carbons (Fsp3) is 0.571. The van der Waals surface area contributed by atoms with Crippen molar-refractivity contribution in [2.45, 2.75) is 39.0 Å². The van der Waals surface area contributed by atoms with Crippen LogP contribution in [-0.4, -0.2) is 15.0 Å². The first-order valence-electron chi connectivity index (χ1n) is 6.40. The van der Waals surface area contributed by atoms with Gasteiger partial charge in [0.05, 0.1) is 4.90 Å². The normalized spacial score (nSPS) is 21.4. The minimum absolute atomic E-state index is 0.201. The molecule has 0 radical (unpaired) electrons. The number of rotatable bonds is 4. The van der Waals surface area contributed by atoms with Crippen LogP contribution in [0.3, 0.4) is 0 Å². The van der Waals surface area contributed by atoms with Gasteiger partial charge in [0.1, 0.15) is 5.82 Å². The third-order valence-electron chi connectivity index (χ3n) is 3.93. The van der Waals surface area contributed by atoms with Crippen molar-refractivity contribution >= 4 is 10.0 Å². The van der Waals surface area contributed by atoms with Gasteiger partial charge in [0.25, 0.3) is 0 Å². The average Bonchev–Trinajstić information content (AvgIpc) is 2.81. The van der Waals surface area contributed by atoms with Gasteiger partial charge in [-0.05, 0) is 54.9 Å². The predicted octanol–water partition coefficient (Wildman–Crippen LogP) is 2.77. The fourth-order valence-corrected chi connectivity index (χ4v) is 4.06. The second kappa shape index (κ2) is 4.56. The number of hydrogen-bond donors (Lipinski definition) is 1. The second-order valence-electron chi connectivity index (χ2n) is 6.11. The third-order valence-corrected chi connectivity index (χ3v) is 5.66. The largest absolute Gasteiger partial charge is 0.241 e. The zero-order valence-electron chi connectivity index (χ0n) is 11.7. The molecule has 1 saturated carbocycles. The van der Waals surface area contributed by atoms with Crippen LogP contribution in [0.25, 0.3) is 0 Å². The van der Waals surface area contributed by atoms with Gasteiger partial charge in [-0.2, -0.15) is 0 Å². The molecule has 1 aromatic carbocycles. The van der Waals surface area contributed by atoms with E-state index in [1.807, 2.05) is 0 Å². The topological polar surface area (TPSA) is 46.2 Å². The maximum Gasteiger partial charge on any atom is 0.241 e.